The average molecular weight is 474 g/mol. The van der Waals surface area contributed by atoms with Gasteiger partial charge in [0.1, 0.15) is 12.2 Å². The molecule has 0 radical (unpaired) electrons. The van der Waals surface area contributed by atoms with E-state index in [-0.39, 0.29) is 23.4 Å². The number of ether oxygens (including phenoxy) is 2. The van der Waals surface area contributed by atoms with Crippen LogP contribution in [0.4, 0.5) is 10.5 Å². The number of nitro benzene ring substituents is 1. The summed E-state index contributed by atoms with van der Waals surface area (Å²) < 4.78 is 10.4. The molecule has 0 aliphatic carbocycles. The normalized spacial score (nSPS) is 15.4. The highest BCUT2D eigenvalue weighted by Gasteiger charge is 2.34. The van der Waals surface area contributed by atoms with E-state index in [0.29, 0.717) is 16.1 Å². The molecule has 2 aromatic carbocycles. The van der Waals surface area contributed by atoms with Gasteiger partial charge < -0.3 is 20.1 Å². The molecule has 0 fully saturated rings. The van der Waals surface area contributed by atoms with Crippen LogP contribution < -0.4 is 10.6 Å². The zero-order chi connectivity index (χ0) is 24.1. The molecule has 0 spiro atoms. The second kappa shape index (κ2) is 10.1. The lowest BCUT2D eigenvalue weighted by molar-refractivity contribution is -0.385. The third-order valence-corrected chi connectivity index (χ3v) is 5.10. The molecule has 2 N–H and O–H groups in total. The lowest BCUT2D eigenvalue weighted by Crippen LogP contribution is -2.47. The van der Waals surface area contributed by atoms with Gasteiger partial charge in [-0.3, -0.25) is 10.1 Å². The van der Waals surface area contributed by atoms with Crippen molar-refractivity contribution < 1.29 is 28.8 Å². The number of nitrogens with one attached hydrogen (secondary N) is 2. The number of amides is 2. The molecule has 1 aliphatic rings. The summed E-state index contributed by atoms with van der Waals surface area (Å²) in [4.78, 5) is 48.4. The van der Waals surface area contributed by atoms with Crippen LogP contribution in [0.2, 0.25) is 5.02 Å². The Morgan fingerprint density at radius 1 is 1.12 bits per heavy atom. The van der Waals surface area contributed by atoms with Crippen LogP contribution in [0.3, 0.4) is 0 Å². The van der Waals surface area contributed by atoms with Crippen molar-refractivity contribution in [3.63, 3.8) is 0 Å². The van der Waals surface area contributed by atoms with E-state index in [9.17, 15) is 24.5 Å². The minimum atomic E-state index is -0.966. The van der Waals surface area contributed by atoms with Gasteiger partial charge in [0.15, 0.2) is 0 Å². The Labute approximate surface area is 193 Å². The second-order valence-electron chi connectivity index (χ2n) is 7.00. The van der Waals surface area contributed by atoms with Crippen LogP contribution in [0.25, 0.3) is 0 Å². The van der Waals surface area contributed by atoms with Gasteiger partial charge >= 0.3 is 18.0 Å². The number of esters is 2. The highest BCUT2D eigenvalue weighted by molar-refractivity contribution is 6.30. The van der Waals surface area contributed by atoms with Crippen molar-refractivity contribution >= 4 is 35.3 Å². The number of rotatable bonds is 7. The summed E-state index contributed by atoms with van der Waals surface area (Å²) in [5.74, 6) is -1.69. The summed E-state index contributed by atoms with van der Waals surface area (Å²) in [6.07, 6.45) is 0. The Kier molecular flexibility index (Phi) is 7.29. The van der Waals surface area contributed by atoms with Gasteiger partial charge in [-0.15, -0.1) is 0 Å². The maximum atomic E-state index is 12.8. The Morgan fingerprint density at radius 3 is 2.45 bits per heavy atom. The molecule has 172 valence electrons. The van der Waals surface area contributed by atoms with E-state index >= 15 is 0 Å². The number of urea groups is 1. The van der Waals surface area contributed by atoms with E-state index in [1.807, 2.05) is 0 Å². The zero-order valence-electron chi connectivity index (χ0n) is 17.7. The molecule has 0 saturated heterocycles. The first kappa shape index (κ1) is 23.7. The topological polar surface area (TPSA) is 137 Å². The van der Waals surface area contributed by atoms with Gasteiger partial charge in [0.2, 0.25) is 0 Å². The molecule has 0 bridgehead atoms. The van der Waals surface area contributed by atoms with E-state index in [2.05, 4.69) is 10.6 Å². The van der Waals surface area contributed by atoms with E-state index in [1.54, 1.807) is 31.2 Å². The molecule has 11 heteroatoms. The summed E-state index contributed by atoms with van der Waals surface area (Å²) in [5, 5.41) is 16.9. The fourth-order valence-corrected chi connectivity index (χ4v) is 3.49. The van der Waals surface area contributed by atoms with E-state index < -0.39 is 41.2 Å². The average Bonchev–Trinajstić information content (AvgIpc) is 2.77. The standard InChI is InChI=1S/C22H20ClN3O7/c1-3-32-21(28)18-15(24-22(29)25-19(18)13-7-9-14(23)10-8-13)11-33-20(27)17-12(2)5-4-6-16(17)26(30)31/h4-10,19H,3,11H2,1-2H3,(H2,24,25,29). The van der Waals surface area contributed by atoms with Crippen molar-refractivity contribution in [3.05, 3.63) is 85.6 Å². The maximum Gasteiger partial charge on any atom is 0.345 e. The van der Waals surface area contributed by atoms with Crippen molar-refractivity contribution in [2.45, 2.75) is 19.9 Å². The first-order valence-corrected chi connectivity index (χ1v) is 10.2. The molecule has 1 heterocycles. The number of carbonyl (C=O) groups excluding carboxylic acids is 3. The molecule has 3 rings (SSSR count). The van der Waals surface area contributed by atoms with Gasteiger partial charge in [-0.1, -0.05) is 35.9 Å². The number of aryl methyl sites for hydroxylation is 1. The molecular formula is C22H20ClN3O7. The Hall–Kier alpha value is -3.92. The molecule has 10 nitrogen and oxygen atoms in total. The van der Waals surface area contributed by atoms with Crippen molar-refractivity contribution in [2.75, 3.05) is 13.2 Å². The number of nitro groups is 1. The first-order chi connectivity index (χ1) is 15.7. The fourth-order valence-electron chi connectivity index (χ4n) is 3.37. The molecule has 1 atom stereocenters. The highest BCUT2D eigenvalue weighted by Crippen LogP contribution is 2.29. The van der Waals surface area contributed by atoms with Gasteiger partial charge in [-0.2, -0.15) is 0 Å². The largest absolute Gasteiger partial charge is 0.463 e. The molecule has 0 saturated carbocycles. The number of carbonyl (C=O) groups is 3. The van der Waals surface area contributed by atoms with Gasteiger partial charge in [0.05, 0.1) is 28.8 Å². The summed E-state index contributed by atoms with van der Waals surface area (Å²) in [5.41, 5.74) is 0.314. The maximum absolute atomic E-state index is 12.8. The monoisotopic (exact) mass is 473 g/mol. The molecule has 2 aromatic rings. The lowest BCUT2D eigenvalue weighted by atomic mass is 9.95. The summed E-state index contributed by atoms with van der Waals surface area (Å²) in [7, 11) is 0. The van der Waals surface area contributed by atoms with Crippen molar-refractivity contribution in [1.29, 1.82) is 0 Å². The number of hydrogen-bond acceptors (Lipinski definition) is 7. The van der Waals surface area contributed by atoms with Gasteiger partial charge in [0, 0.05) is 11.1 Å². The Bertz CT molecular complexity index is 1150. The zero-order valence-corrected chi connectivity index (χ0v) is 18.5. The van der Waals surface area contributed by atoms with E-state index in [0.717, 1.165) is 0 Å². The predicted molar refractivity (Wildman–Crippen MR) is 118 cm³/mol. The molecular weight excluding hydrogens is 454 g/mol. The first-order valence-electron chi connectivity index (χ1n) is 9.87. The van der Waals surface area contributed by atoms with Crippen LogP contribution in [0.5, 0.6) is 0 Å². The van der Waals surface area contributed by atoms with Crippen LogP contribution in [0.15, 0.2) is 53.7 Å². The predicted octanol–water partition coefficient (Wildman–Crippen LogP) is 3.58. The van der Waals surface area contributed by atoms with Crippen molar-refractivity contribution in [1.82, 2.24) is 10.6 Å². The Balaban J connectivity index is 1.97. The second-order valence-corrected chi connectivity index (χ2v) is 7.43. The van der Waals surface area contributed by atoms with Gasteiger partial charge in [-0.05, 0) is 37.1 Å². The summed E-state index contributed by atoms with van der Waals surface area (Å²) in [6, 6.07) is 9.14. The molecule has 1 aliphatic heterocycles. The van der Waals surface area contributed by atoms with Crippen LogP contribution in [-0.2, 0) is 14.3 Å². The Morgan fingerprint density at radius 2 is 1.82 bits per heavy atom. The van der Waals surface area contributed by atoms with Crippen molar-refractivity contribution in [2.24, 2.45) is 0 Å². The number of benzene rings is 2. The summed E-state index contributed by atoms with van der Waals surface area (Å²) in [6.45, 7) is 2.72. The highest BCUT2D eigenvalue weighted by atomic mass is 35.5. The summed E-state index contributed by atoms with van der Waals surface area (Å²) >= 11 is 5.94. The number of halogens is 1. The third kappa shape index (κ3) is 5.29. The van der Waals surface area contributed by atoms with Crippen molar-refractivity contribution in [3.8, 4) is 0 Å². The molecule has 33 heavy (non-hydrogen) atoms. The minimum absolute atomic E-state index is 0.00161. The molecule has 2 amide bonds. The fraction of sp³-hybridized carbons (Fsp3) is 0.227. The smallest absolute Gasteiger partial charge is 0.345 e. The minimum Gasteiger partial charge on any atom is -0.463 e. The van der Waals surface area contributed by atoms with Crippen LogP contribution in [0, 0.1) is 17.0 Å². The van der Waals surface area contributed by atoms with Crippen LogP contribution in [-0.4, -0.2) is 36.1 Å². The lowest BCUT2D eigenvalue weighted by Gasteiger charge is -2.29. The van der Waals surface area contributed by atoms with Crippen LogP contribution in [0.1, 0.15) is 34.5 Å². The quantitative estimate of drug-likeness (QED) is 0.356. The molecule has 0 aromatic heterocycles. The number of nitrogens with zero attached hydrogens (tertiary/aromatic N) is 1. The molecule has 1 unspecified atom stereocenters. The van der Waals surface area contributed by atoms with E-state index in [1.165, 1.54) is 25.1 Å². The third-order valence-electron chi connectivity index (χ3n) is 4.85. The van der Waals surface area contributed by atoms with Gasteiger partial charge in [-0.25, -0.2) is 14.4 Å². The SMILES string of the molecule is CCOC(=O)C1=C(COC(=O)c2c(C)cccc2[N+](=O)[O-])NC(=O)NC1c1ccc(Cl)cc1. The van der Waals surface area contributed by atoms with E-state index in [4.69, 9.17) is 21.1 Å². The van der Waals surface area contributed by atoms with Crippen LogP contribution >= 0.6 is 11.6 Å². The van der Waals surface area contributed by atoms with Gasteiger partial charge in [0.25, 0.3) is 5.69 Å². The number of hydrogen-bond donors (Lipinski definition) is 2.